The zero-order valence-corrected chi connectivity index (χ0v) is 12.4. The van der Waals surface area contributed by atoms with Gasteiger partial charge in [0.25, 0.3) is 0 Å². The van der Waals surface area contributed by atoms with E-state index in [-0.39, 0.29) is 11.3 Å². The minimum absolute atomic E-state index is 0.0727. The molecule has 0 unspecified atom stereocenters. The van der Waals surface area contributed by atoms with E-state index in [1.807, 2.05) is 30.3 Å². The minimum Gasteiger partial charge on any atom is -0.477 e. The molecule has 0 spiro atoms. The van der Waals surface area contributed by atoms with Crippen LogP contribution in [0.5, 0.6) is 0 Å². The Labute approximate surface area is 129 Å². The third kappa shape index (κ3) is 2.60. The molecule has 4 nitrogen and oxygen atoms in total. The molecule has 21 heavy (non-hydrogen) atoms. The second-order valence-corrected chi connectivity index (χ2v) is 5.33. The lowest BCUT2D eigenvalue weighted by atomic mass is 10.0. The Morgan fingerprint density at radius 3 is 2.29 bits per heavy atom. The first kappa shape index (κ1) is 13.6. The number of carboxylic acid groups (broad SMARTS) is 1. The second-order valence-electron chi connectivity index (χ2n) is 4.41. The van der Waals surface area contributed by atoms with Crippen LogP contribution < -0.4 is 0 Å². The monoisotopic (exact) mass is 343 g/mol. The van der Waals surface area contributed by atoms with Crippen LogP contribution in [0.2, 0.25) is 0 Å². The highest BCUT2D eigenvalue weighted by atomic mass is 79.9. The van der Waals surface area contributed by atoms with Gasteiger partial charge in [-0.2, -0.15) is 0 Å². The molecule has 104 valence electrons. The summed E-state index contributed by atoms with van der Waals surface area (Å²) in [5.41, 5.74) is 1.79. The number of hydrogen-bond donors (Lipinski definition) is 1. The van der Waals surface area contributed by atoms with Crippen molar-refractivity contribution in [2.75, 3.05) is 0 Å². The molecular formula is C16H10BrNO3. The predicted molar refractivity (Wildman–Crippen MR) is 82.0 cm³/mol. The zero-order chi connectivity index (χ0) is 14.8. The smallest absolute Gasteiger partial charge is 0.342 e. The lowest BCUT2D eigenvalue weighted by Crippen LogP contribution is -1.99. The highest BCUT2D eigenvalue weighted by molar-refractivity contribution is 9.10. The van der Waals surface area contributed by atoms with Crippen molar-refractivity contribution < 1.29 is 14.4 Å². The van der Waals surface area contributed by atoms with Crippen molar-refractivity contribution >= 4 is 21.9 Å². The van der Waals surface area contributed by atoms with E-state index in [2.05, 4.69) is 21.1 Å². The van der Waals surface area contributed by atoms with Crippen LogP contribution in [-0.4, -0.2) is 16.2 Å². The largest absolute Gasteiger partial charge is 0.477 e. The third-order valence-corrected chi connectivity index (χ3v) is 3.59. The summed E-state index contributed by atoms with van der Waals surface area (Å²) in [4.78, 5) is 11.6. The summed E-state index contributed by atoms with van der Waals surface area (Å²) in [5, 5.41) is 13.4. The number of halogens is 1. The van der Waals surface area contributed by atoms with Gasteiger partial charge in [-0.05, 0) is 24.3 Å². The average molecular weight is 344 g/mol. The van der Waals surface area contributed by atoms with Gasteiger partial charge >= 0.3 is 5.97 Å². The van der Waals surface area contributed by atoms with Gasteiger partial charge in [0.05, 0.1) is 0 Å². The first-order chi connectivity index (χ1) is 10.2. The summed E-state index contributed by atoms with van der Waals surface area (Å²) in [7, 11) is 0. The summed E-state index contributed by atoms with van der Waals surface area (Å²) in [5.74, 6) is -0.804. The zero-order valence-electron chi connectivity index (χ0n) is 10.8. The van der Waals surface area contributed by atoms with Crippen molar-refractivity contribution in [1.82, 2.24) is 5.16 Å². The SMILES string of the molecule is O=C(O)c1c(-c2ccccc2)noc1-c1ccc(Br)cc1. The fourth-order valence-corrected chi connectivity index (χ4v) is 2.34. The maximum absolute atomic E-state index is 11.6. The number of benzene rings is 2. The molecule has 0 amide bonds. The number of rotatable bonds is 3. The molecule has 0 bridgehead atoms. The summed E-state index contributed by atoms with van der Waals surface area (Å²) >= 11 is 3.34. The van der Waals surface area contributed by atoms with Crippen LogP contribution in [-0.2, 0) is 0 Å². The van der Waals surface area contributed by atoms with Crippen molar-refractivity contribution in [1.29, 1.82) is 0 Å². The summed E-state index contributed by atoms with van der Waals surface area (Å²) in [6.07, 6.45) is 0. The van der Waals surface area contributed by atoms with E-state index in [4.69, 9.17) is 4.52 Å². The Hall–Kier alpha value is -2.40. The molecule has 0 aliphatic heterocycles. The molecule has 1 heterocycles. The van der Waals surface area contributed by atoms with Crippen molar-refractivity contribution in [3.63, 3.8) is 0 Å². The van der Waals surface area contributed by atoms with Crippen molar-refractivity contribution in [3.8, 4) is 22.6 Å². The van der Waals surface area contributed by atoms with Gasteiger partial charge < -0.3 is 9.63 Å². The Morgan fingerprint density at radius 2 is 1.67 bits per heavy atom. The molecule has 0 fully saturated rings. The summed E-state index contributed by atoms with van der Waals surface area (Å²) in [6, 6.07) is 16.3. The van der Waals surface area contributed by atoms with E-state index in [1.54, 1.807) is 24.3 Å². The van der Waals surface area contributed by atoms with Crippen LogP contribution in [0.15, 0.2) is 63.6 Å². The molecule has 0 saturated carbocycles. The third-order valence-electron chi connectivity index (χ3n) is 3.06. The van der Waals surface area contributed by atoms with Gasteiger partial charge in [0.2, 0.25) is 0 Å². The fourth-order valence-electron chi connectivity index (χ4n) is 2.08. The topological polar surface area (TPSA) is 63.3 Å². The van der Waals surface area contributed by atoms with E-state index in [0.717, 1.165) is 4.47 Å². The van der Waals surface area contributed by atoms with E-state index < -0.39 is 5.97 Å². The Kier molecular flexibility index (Phi) is 3.58. The fraction of sp³-hybridized carbons (Fsp3) is 0. The summed E-state index contributed by atoms with van der Waals surface area (Å²) in [6.45, 7) is 0. The maximum Gasteiger partial charge on any atom is 0.342 e. The first-order valence-corrected chi connectivity index (χ1v) is 7.00. The number of carbonyl (C=O) groups is 1. The molecule has 1 N–H and O–H groups in total. The van der Waals surface area contributed by atoms with Crippen molar-refractivity contribution in [2.24, 2.45) is 0 Å². The van der Waals surface area contributed by atoms with Gasteiger partial charge in [0.1, 0.15) is 11.3 Å². The molecule has 0 aliphatic carbocycles. The van der Waals surface area contributed by atoms with E-state index >= 15 is 0 Å². The van der Waals surface area contributed by atoms with Gasteiger partial charge in [-0.1, -0.05) is 51.4 Å². The van der Waals surface area contributed by atoms with Crippen LogP contribution in [0.25, 0.3) is 22.6 Å². The highest BCUT2D eigenvalue weighted by Crippen LogP contribution is 2.32. The van der Waals surface area contributed by atoms with Gasteiger partial charge in [-0.15, -0.1) is 0 Å². The number of nitrogens with zero attached hydrogens (tertiary/aromatic N) is 1. The standard InChI is InChI=1S/C16H10BrNO3/c17-12-8-6-11(7-9-12)15-13(16(19)20)14(18-21-15)10-4-2-1-3-5-10/h1-9H,(H,19,20). The van der Waals surface area contributed by atoms with Crippen LogP contribution in [0.1, 0.15) is 10.4 Å². The number of aromatic carboxylic acids is 1. The molecular weight excluding hydrogens is 334 g/mol. The summed E-state index contributed by atoms with van der Waals surface area (Å²) < 4.78 is 6.20. The average Bonchev–Trinajstić information content (AvgIpc) is 2.94. The van der Waals surface area contributed by atoms with Gasteiger partial charge in [-0.3, -0.25) is 0 Å². The molecule has 3 rings (SSSR count). The molecule has 0 aliphatic rings. The lowest BCUT2D eigenvalue weighted by molar-refractivity contribution is 0.0698. The maximum atomic E-state index is 11.6. The van der Waals surface area contributed by atoms with Gasteiger partial charge in [-0.25, -0.2) is 4.79 Å². The van der Waals surface area contributed by atoms with Crippen LogP contribution in [0.4, 0.5) is 0 Å². The van der Waals surface area contributed by atoms with E-state index in [1.165, 1.54) is 0 Å². The Bertz CT molecular complexity index is 779. The molecule has 1 aromatic heterocycles. The Morgan fingerprint density at radius 1 is 1.00 bits per heavy atom. The molecule has 5 heteroatoms. The van der Waals surface area contributed by atoms with Gasteiger partial charge in [0.15, 0.2) is 5.76 Å². The first-order valence-electron chi connectivity index (χ1n) is 6.21. The van der Waals surface area contributed by atoms with Crippen LogP contribution in [0, 0.1) is 0 Å². The quantitative estimate of drug-likeness (QED) is 0.761. The highest BCUT2D eigenvalue weighted by Gasteiger charge is 2.24. The molecule has 3 aromatic rings. The number of carboxylic acids is 1. The van der Waals surface area contributed by atoms with Crippen molar-refractivity contribution in [2.45, 2.75) is 0 Å². The van der Waals surface area contributed by atoms with Crippen LogP contribution in [0.3, 0.4) is 0 Å². The number of aromatic nitrogens is 1. The van der Waals surface area contributed by atoms with E-state index in [9.17, 15) is 9.90 Å². The molecule has 2 aromatic carbocycles. The van der Waals surface area contributed by atoms with E-state index in [0.29, 0.717) is 16.8 Å². The molecule has 0 saturated heterocycles. The van der Waals surface area contributed by atoms with Crippen LogP contribution >= 0.6 is 15.9 Å². The van der Waals surface area contributed by atoms with Crippen molar-refractivity contribution in [3.05, 3.63) is 64.6 Å². The Balaban J connectivity index is 2.17. The van der Waals surface area contributed by atoms with Gasteiger partial charge in [0, 0.05) is 15.6 Å². The lowest BCUT2D eigenvalue weighted by Gasteiger charge is -2.00. The molecule has 0 atom stereocenters. The molecule has 0 radical (unpaired) electrons. The second kappa shape index (κ2) is 5.54. The predicted octanol–water partition coefficient (Wildman–Crippen LogP) is 4.47. The number of hydrogen-bond acceptors (Lipinski definition) is 3. The normalized spacial score (nSPS) is 10.5. The minimum atomic E-state index is -1.06.